The molecule has 0 saturated carbocycles. The molecule has 37 heavy (non-hydrogen) atoms. The second-order valence-corrected chi connectivity index (χ2v) is 8.56. The van der Waals surface area contributed by atoms with E-state index < -0.39 is 0 Å². The highest BCUT2D eigenvalue weighted by molar-refractivity contribution is 6.05. The second-order valence-electron chi connectivity index (χ2n) is 8.56. The molecule has 1 aliphatic rings. The maximum absolute atomic E-state index is 13.8. The summed E-state index contributed by atoms with van der Waals surface area (Å²) in [6, 6.07) is 14.5. The van der Waals surface area contributed by atoms with E-state index in [0.29, 0.717) is 70.5 Å². The SMILES string of the molecule is COc1ccc2c(c1O)CCN(C(=O)c1nc(-c3cc(OC)c(OC)c(OC)c3)nc3ccccc13)C2. The van der Waals surface area contributed by atoms with E-state index in [1.807, 2.05) is 30.3 Å². The molecule has 5 rings (SSSR count). The predicted octanol–water partition coefficient (Wildman–Crippen LogP) is 4.24. The number of ether oxygens (including phenoxy) is 4. The van der Waals surface area contributed by atoms with Gasteiger partial charge in [-0.05, 0) is 36.2 Å². The number of aromatic hydroxyl groups is 1. The third-order valence-corrected chi connectivity index (χ3v) is 6.57. The van der Waals surface area contributed by atoms with E-state index in [2.05, 4.69) is 0 Å². The summed E-state index contributed by atoms with van der Waals surface area (Å²) < 4.78 is 21.7. The summed E-state index contributed by atoms with van der Waals surface area (Å²) in [5.41, 5.74) is 3.24. The molecule has 2 heterocycles. The van der Waals surface area contributed by atoms with Gasteiger partial charge in [-0.25, -0.2) is 9.97 Å². The average Bonchev–Trinajstić information content (AvgIpc) is 2.95. The topological polar surface area (TPSA) is 103 Å². The summed E-state index contributed by atoms with van der Waals surface area (Å²) in [6.45, 7) is 0.786. The van der Waals surface area contributed by atoms with Crippen LogP contribution in [0, 0.1) is 0 Å². The maximum Gasteiger partial charge on any atom is 0.273 e. The Labute approximate surface area is 214 Å². The van der Waals surface area contributed by atoms with E-state index >= 15 is 0 Å². The fourth-order valence-corrected chi connectivity index (χ4v) is 4.68. The van der Waals surface area contributed by atoms with Crippen molar-refractivity contribution >= 4 is 16.8 Å². The zero-order valence-corrected chi connectivity index (χ0v) is 21.1. The van der Waals surface area contributed by atoms with Gasteiger partial charge in [-0.3, -0.25) is 4.79 Å². The standard InChI is InChI=1S/C28H27N3O6/c1-34-21-10-9-16-15-31(12-11-18(16)25(21)32)28(33)24-19-7-5-6-8-20(19)29-27(30-24)17-13-22(35-2)26(37-4)23(14-17)36-3/h5-10,13-14,32H,11-12,15H2,1-4H3. The zero-order chi connectivity index (χ0) is 26.1. The summed E-state index contributed by atoms with van der Waals surface area (Å²) in [7, 11) is 6.14. The number of nitrogens with zero attached hydrogens (tertiary/aromatic N) is 3. The number of carbonyl (C=O) groups is 1. The van der Waals surface area contributed by atoms with Crippen LogP contribution in [0.15, 0.2) is 48.5 Å². The third-order valence-electron chi connectivity index (χ3n) is 6.57. The normalized spacial score (nSPS) is 12.7. The van der Waals surface area contributed by atoms with Gasteiger partial charge in [0.15, 0.2) is 28.8 Å². The van der Waals surface area contributed by atoms with Crippen LogP contribution in [0.25, 0.3) is 22.3 Å². The van der Waals surface area contributed by atoms with Crippen LogP contribution in [0.1, 0.15) is 21.6 Å². The molecule has 1 aliphatic heterocycles. The van der Waals surface area contributed by atoms with Crippen LogP contribution < -0.4 is 18.9 Å². The van der Waals surface area contributed by atoms with Gasteiger partial charge >= 0.3 is 0 Å². The Hall–Kier alpha value is -4.53. The van der Waals surface area contributed by atoms with Gasteiger partial charge in [0.1, 0.15) is 5.69 Å². The molecule has 1 aromatic heterocycles. The van der Waals surface area contributed by atoms with Crippen molar-refractivity contribution in [3.63, 3.8) is 0 Å². The molecule has 190 valence electrons. The number of phenolic OH excluding ortho intramolecular Hbond substituents is 1. The number of carbonyl (C=O) groups excluding carboxylic acids is 1. The summed E-state index contributed by atoms with van der Waals surface area (Å²) in [6.07, 6.45) is 0.507. The molecule has 0 spiro atoms. The van der Waals surface area contributed by atoms with Crippen molar-refractivity contribution in [3.05, 3.63) is 65.4 Å². The highest BCUT2D eigenvalue weighted by atomic mass is 16.5. The van der Waals surface area contributed by atoms with Crippen LogP contribution in [0.2, 0.25) is 0 Å². The van der Waals surface area contributed by atoms with Crippen LogP contribution in [0.4, 0.5) is 0 Å². The zero-order valence-electron chi connectivity index (χ0n) is 21.1. The van der Waals surface area contributed by atoms with Crippen LogP contribution >= 0.6 is 0 Å². The van der Waals surface area contributed by atoms with Crippen molar-refractivity contribution in [2.75, 3.05) is 35.0 Å². The fourth-order valence-electron chi connectivity index (χ4n) is 4.68. The molecule has 0 unspecified atom stereocenters. The van der Waals surface area contributed by atoms with Gasteiger partial charge in [0.2, 0.25) is 5.75 Å². The molecule has 0 radical (unpaired) electrons. The number of hydrogen-bond acceptors (Lipinski definition) is 8. The van der Waals surface area contributed by atoms with Gasteiger partial charge in [0, 0.05) is 29.6 Å². The number of amides is 1. The van der Waals surface area contributed by atoms with Gasteiger partial charge in [-0.1, -0.05) is 24.3 Å². The number of para-hydroxylation sites is 1. The lowest BCUT2D eigenvalue weighted by atomic mass is 9.97. The Morgan fingerprint density at radius 1 is 0.892 bits per heavy atom. The van der Waals surface area contributed by atoms with E-state index in [9.17, 15) is 9.90 Å². The second kappa shape index (κ2) is 9.85. The van der Waals surface area contributed by atoms with Gasteiger partial charge in [0.25, 0.3) is 5.91 Å². The fraction of sp³-hybridized carbons (Fsp3) is 0.250. The molecule has 9 nitrogen and oxygen atoms in total. The van der Waals surface area contributed by atoms with Gasteiger partial charge < -0.3 is 29.0 Å². The minimum absolute atomic E-state index is 0.129. The van der Waals surface area contributed by atoms with Crippen molar-refractivity contribution < 1.29 is 28.8 Å². The molecule has 1 amide bonds. The molecular weight excluding hydrogens is 474 g/mol. The number of methoxy groups -OCH3 is 4. The smallest absolute Gasteiger partial charge is 0.273 e. The molecule has 0 atom stereocenters. The van der Waals surface area contributed by atoms with E-state index in [0.717, 1.165) is 11.1 Å². The van der Waals surface area contributed by atoms with Crippen molar-refractivity contribution in [1.29, 1.82) is 0 Å². The largest absolute Gasteiger partial charge is 0.504 e. The number of aromatic nitrogens is 2. The lowest BCUT2D eigenvalue weighted by molar-refractivity contribution is 0.0730. The lowest BCUT2D eigenvalue weighted by Gasteiger charge is -2.29. The van der Waals surface area contributed by atoms with Gasteiger partial charge in [-0.15, -0.1) is 0 Å². The molecule has 3 aromatic carbocycles. The average molecular weight is 502 g/mol. The Balaban J connectivity index is 1.58. The van der Waals surface area contributed by atoms with E-state index in [1.54, 1.807) is 37.3 Å². The Kier molecular flexibility index (Phi) is 6.43. The summed E-state index contributed by atoms with van der Waals surface area (Å²) >= 11 is 0. The van der Waals surface area contributed by atoms with E-state index in [1.165, 1.54) is 14.2 Å². The Bertz CT molecular complexity index is 1480. The van der Waals surface area contributed by atoms with Crippen LogP contribution in [0.3, 0.4) is 0 Å². The predicted molar refractivity (Wildman–Crippen MR) is 138 cm³/mol. The van der Waals surface area contributed by atoms with E-state index in [4.69, 9.17) is 28.9 Å². The highest BCUT2D eigenvalue weighted by Crippen LogP contribution is 2.41. The number of phenols is 1. The summed E-state index contributed by atoms with van der Waals surface area (Å²) in [5, 5.41) is 11.2. The Morgan fingerprint density at radius 2 is 1.59 bits per heavy atom. The lowest BCUT2D eigenvalue weighted by Crippen LogP contribution is -2.36. The molecule has 9 heteroatoms. The maximum atomic E-state index is 13.8. The first-order chi connectivity index (χ1) is 18.0. The quantitative estimate of drug-likeness (QED) is 0.419. The summed E-state index contributed by atoms with van der Waals surface area (Å²) in [5.74, 6) is 2.08. The molecule has 4 aromatic rings. The first kappa shape index (κ1) is 24.2. The van der Waals surface area contributed by atoms with Gasteiger partial charge in [0.05, 0.1) is 34.0 Å². The molecule has 0 bridgehead atoms. The number of hydrogen-bond donors (Lipinski definition) is 1. The van der Waals surface area contributed by atoms with Crippen LogP contribution in [-0.2, 0) is 13.0 Å². The molecule has 0 fully saturated rings. The minimum Gasteiger partial charge on any atom is -0.504 e. The number of fused-ring (bicyclic) bond motifs is 2. The summed E-state index contributed by atoms with van der Waals surface area (Å²) in [4.78, 5) is 25.0. The van der Waals surface area contributed by atoms with Crippen molar-refractivity contribution in [1.82, 2.24) is 14.9 Å². The van der Waals surface area contributed by atoms with Crippen molar-refractivity contribution in [3.8, 4) is 40.1 Å². The molecule has 0 saturated heterocycles. The third kappa shape index (κ3) is 4.22. The molecule has 1 N–H and O–H groups in total. The van der Waals surface area contributed by atoms with Crippen LogP contribution in [0.5, 0.6) is 28.7 Å². The molecule has 0 aliphatic carbocycles. The first-order valence-corrected chi connectivity index (χ1v) is 11.7. The molecular formula is C28H27N3O6. The number of rotatable bonds is 6. The Morgan fingerprint density at radius 3 is 2.27 bits per heavy atom. The first-order valence-electron chi connectivity index (χ1n) is 11.7. The van der Waals surface area contributed by atoms with E-state index in [-0.39, 0.29) is 11.7 Å². The minimum atomic E-state index is -0.215. The van der Waals surface area contributed by atoms with Crippen molar-refractivity contribution in [2.45, 2.75) is 13.0 Å². The van der Waals surface area contributed by atoms with Gasteiger partial charge in [-0.2, -0.15) is 0 Å². The monoisotopic (exact) mass is 501 g/mol. The number of benzene rings is 3. The highest BCUT2D eigenvalue weighted by Gasteiger charge is 2.28. The van der Waals surface area contributed by atoms with Crippen LogP contribution in [-0.4, -0.2) is 60.9 Å². The van der Waals surface area contributed by atoms with Crippen molar-refractivity contribution in [2.24, 2.45) is 0 Å².